The molecule has 2 aromatic rings. The number of hydrogen-bond donors (Lipinski definition) is 2. The monoisotopic (exact) mass is 346 g/mol. The number of rotatable bonds is 4. The van der Waals surface area contributed by atoms with E-state index in [-0.39, 0.29) is 0 Å². The predicted molar refractivity (Wildman–Crippen MR) is 115 cm³/mol. The standard InChI is InChI=1S/C21H24N2.C3H6/c1-3-4-15(2)17-7-5-16(6-8-17)13-21-20-10-9-19(22)14-18(20)11-12-23-21;1-3-2/h3-10,14,21,23H,1,11-13,22H2,2H3;3H,1H2,2H3/b15-4+;. The first kappa shape index (κ1) is 19.7. The van der Waals surface area contributed by atoms with Gasteiger partial charge in [-0.3, -0.25) is 0 Å². The van der Waals surface area contributed by atoms with Crippen molar-refractivity contribution in [1.29, 1.82) is 0 Å². The van der Waals surface area contributed by atoms with Crippen LogP contribution in [0.1, 0.15) is 42.1 Å². The van der Waals surface area contributed by atoms with Crippen LogP contribution in [0.25, 0.3) is 5.57 Å². The molecule has 0 aliphatic carbocycles. The number of nitrogen functional groups attached to an aromatic ring is 1. The van der Waals surface area contributed by atoms with Gasteiger partial charge < -0.3 is 11.1 Å². The highest BCUT2D eigenvalue weighted by Crippen LogP contribution is 2.28. The summed E-state index contributed by atoms with van der Waals surface area (Å²) in [4.78, 5) is 0. The van der Waals surface area contributed by atoms with Gasteiger partial charge in [-0.25, -0.2) is 0 Å². The number of benzene rings is 2. The molecular formula is C24H30N2. The maximum Gasteiger partial charge on any atom is 0.0363 e. The van der Waals surface area contributed by atoms with Crippen molar-refractivity contribution >= 4 is 11.3 Å². The maximum atomic E-state index is 5.92. The van der Waals surface area contributed by atoms with Crippen molar-refractivity contribution in [2.75, 3.05) is 12.3 Å². The minimum Gasteiger partial charge on any atom is -0.399 e. The first-order chi connectivity index (χ1) is 12.6. The van der Waals surface area contributed by atoms with E-state index in [4.69, 9.17) is 5.73 Å². The van der Waals surface area contributed by atoms with Crippen LogP contribution in [0.2, 0.25) is 0 Å². The van der Waals surface area contributed by atoms with Crippen molar-refractivity contribution in [2.24, 2.45) is 0 Å². The largest absolute Gasteiger partial charge is 0.399 e. The minimum absolute atomic E-state index is 0.370. The average Bonchev–Trinajstić information content (AvgIpc) is 2.63. The smallest absolute Gasteiger partial charge is 0.0363 e. The molecule has 1 atom stereocenters. The molecule has 1 aliphatic heterocycles. The normalized spacial score (nSPS) is 16.1. The quantitative estimate of drug-likeness (QED) is 0.437. The zero-order valence-electron chi connectivity index (χ0n) is 16.0. The Morgan fingerprint density at radius 2 is 1.88 bits per heavy atom. The van der Waals surface area contributed by atoms with Gasteiger partial charge in [0, 0.05) is 11.7 Å². The second-order valence-electron chi connectivity index (χ2n) is 6.61. The fourth-order valence-corrected chi connectivity index (χ4v) is 3.27. The summed E-state index contributed by atoms with van der Waals surface area (Å²) < 4.78 is 0. The summed E-state index contributed by atoms with van der Waals surface area (Å²) in [6.07, 6.45) is 7.68. The van der Waals surface area contributed by atoms with Gasteiger partial charge in [0.15, 0.2) is 0 Å². The molecule has 136 valence electrons. The summed E-state index contributed by atoms with van der Waals surface area (Å²) >= 11 is 0. The van der Waals surface area contributed by atoms with E-state index in [2.05, 4.69) is 61.8 Å². The lowest BCUT2D eigenvalue weighted by molar-refractivity contribution is 0.503. The van der Waals surface area contributed by atoms with Crippen LogP contribution in [-0.4, -0.2) is 6.54 Å². The fourth-order valence-electron chi connectivity index (χ4n) is 3.27. The summed E-state index contributed by atoms with van der Waals surface area (Å²) in [5.74, 6) is 0. The Morgan fingerprint density at radius 1 is 1.19 bits per heavy atom. The molecule has 0 fully saturated rings. The van der Waals surface area contributed by atoms with Crippen LogP contribution in [0.15, 0.2) is 73.9 Å². The molecule has 0 amide bonds. The first-order valence-corrected chi connectivity index (χ1v) is 9.16. The van der Waals surface area contributed by atoms with Crippen LogP contribution in [0.5, 0.6) is 0 Å². The summed E-state index contributed by atoms with van der Waals surface area (Å²) in [5, 5.41) is 3.64. The van der Waals surface area contributed by atoms with E-state index >= 15 is 0 Å². The highest BCUT2D eigenvalue weighted by atomic mass is 14.9. The number of fused-ring (bicyclic) bond motifs is 1. The third-order valence-corrected chi connectivity index (χ3v) is 4.54. The summed E-state index contributed by atoms with van der Waals surface area (Å²) in [5.41, 5.74) is 13.4. The number of nitrogens with one attached hydrogen (secondary N) is 1. The number of hydrogen-bond acceptors (Lipinski definition) is 2. The van der Waals surface area contributed by atoms with Gasteiger partial charge in [0.1, 0.15) is 0 Å². The second-order valence-corrected chi connectivity index (χ2v) is 6.61. The molecule has 0 radical (unpaired) electrons. The lowest BCUT2D eigenvalue weighted by Crippen LogP contribution is -2.31. The van der Waals surface area contributed by atoms with Gasteiger partial charge in [0.25, 0.3) is 0 Å². The van der Waals surface area contributed by atoms with Crippen LogP contribution in [0.3, 0.4) is 0 Å². The molecule has 0 aromatic heterocycles. The highest BCUT2D eigenvalue weighted by Gasteiger charge is 2.19. The Labute approximate surface area is 158 Å². The SMILES string of the molecule is C=C/C=C(\C)c1ccc(CC2NCCc3cc(N)ccc32)cc1.C=CC. The van der Waals surface area contributed by atoms with Crippen LogP contribution >= 0.6 is 0 Å². The molecule has 3 rings (SSSR count). The molecule has 1 unspecified atom stereocenters. The lowest BCUT2D eigenvalue weighted by Gasteiger charge is -2.27. The molecule has 26 heavy (non-hydrogen) atoms. The molecule has 1 heterocycles. The summed E-state index contributed by atoms with van der Waals surface area (Å²) in [6.45, 7) is 12.1. The van der Waals surface area contributed by atoms with E-state index in [1.54, 1.807) is 6.08 Å². The Morgan fingerprint density at radius 3 is 2.54 bits per heavy atom. The van der Waals surface area contributed by atoms with Gasteiger partial charge >= 0.3 is 0 Å². The highest BCUT2D eigenvalue weighted by molar-refractivity contribution is 5.65. The van der Waals surface area contributed by atoms with E-state index < -0.39 is 0 Å². The molecule has 0 saturated heterocycles. The van der Waals surface area contributed by atoms with Crippen LogP contribution in [0, 0.1) is 0 Å². The van der Waals surface area contributed by atoms with Gasteiger partial charge in [-0.2, -0.15) is 0 Å². The molecule has 0 spiro atoms. The number of nitrogens with two attached hydrogens (primary N) is 1. The van der Waals surface area contributed by atoms with Gasteiger partial charge in [0.2, 0.25) is 0 Å². The van der Waals surface area contributed by atoms with E-state index in [1.165, 1.54) is 27.8 Å². The molecule has 2 aromatic carbocycles. The molecule has 0 saturated carbocycles. The minimum atomic E-state index is 0.370. The van der Waals surface area contributed by atoms with Gasteiger partial charge in [-0.05, 0) is 73.2 Å². The third kappa shape index (κ3) is 5.21. The van der Waals surface area contributed by atoms with Crippen LogP contribution < -0.4 is 11.1 Å². The van der Waals surface area contributed by atoms with Crippen molar-refractivity contribution in [3.63, 3.8) is 0 Å². The van der Waals surface area contributed by atoms with Gasteiger partial charge in [-0.1, -0.05) is 55.1 Å². The predicted octanol–water partition coefficient (Wildman–Crippen LogP) is 5.48. The van der Waals surface area contributed by atoms with Crippen LogP contribution in [-0.2, 0) is 12.8 Å². The van der Waals surface area contributed by atoms with Crippen molar-refractivity contribution in [1.82, 2.24) is 5.32 Å². The average molecular weight is 347 g/mol. The molecular weight excluding hydrogens is 316 g/mol. The van der Waals surface area contributed by atoms with E-state index in [1.807, 2.05) is 25.1 Å². The van der Waals surface area contributed by atoms with E-state index in [9.17, 15) is 0 Å². The van der Waals surface area contributed by atoms with E-state index in [0.717, 1.165) is 25.1 Å². The van der Waals surface area contributed by atoms with Crippen molar-refractivity contribution in [2.45, 2.75) is 32.7 Å². The maximum absolute atomic E-state index is 5.92. The topological polar surface area (TPSA) is 38.0 Å². The Kier molecular flexibility index (Phi) is 7.43. The molecule has 2 nitrogen and oxygen atoms in total. The zero-order valence-corrected chi connectivity index (χ0v) is 16.0. The number of anilines is 1. The van der Waals surface area contributed by atoms with Crippen molar-refractivity contribution < 1.29 is 0 Å². The fraction of sp³-hybridized carbons (Fsp3) is 0.250. The van der Waals surface area contributed by atoms with Crippen molar-refractivity contribution in [3.05, 3.63) is 96.1 Å². The van der Waals surface area contributed by atoms with E-state index in [0.29, 0.717) is 6.04 Å². The molecule has 0 bridgehead atoms. The lowest BCUT2D eigenvalue weighted by atomic mass is 9.89. The Hall–Kier alpha value is -2.58. The third-order valence-electron chi connectivity index (χ3n) is 4.54. The summed E-state index contributed by atoms with van der Waals surface area (Å²) in [6, 6.07) is 15.5. The molecule has 2 heteroatoms. The van der Waals surface area contributed by atoms with Gasteiger partial charge in [0.05, 0.1) is 0 Å². The molecule has 3 N–H and O–H groups in total. The van der Waals surface area contributed by atoms with Crippen molar-refractivity contribution in [3.8, 4) is 0 Å². The Bertz CT molecular complexity index is 769. The first-order valence-electron chi connectivity index (χ1n) is 9.16. The van der Waals surface area contributed by atoms with Gasteiger partial charge in [-0.15, -0.1) is 6.58 Å². The number of allylic oxidation sites excluding steroid dienone is 4. The Balaban J connectivity index is 0.000000758. The summed E-state index contributed by atoms with van der Waals surface area (Å²) in [7, 11) is 0. The zero-order chi connectivity index (χ0) is 18.9. The van der Waals surface area contributed by atoms with Crippen LogP contribution in [0.4, 0.5) is 5.69 Å². The molecule has 1 aliphatic rings. The second kappa shape index (κ2) is 9.79.